The molecule has 2 rings (SSSR count). The van der Waals surface area contributed by atoms with Crippen LogP contribution in [0.25, 0.3) is 0 Å². The third-order valence-corrected chi connectivity index (χ3v) is 4.18. The molecule has 112 valence electrons. The molecule has 21 heavy (non-hydrogen) atoms. The first kappa shape index (κ1) is 16.2. The van der Waals surface area contributed by atoms with Gasteiger partial charge in [0.25, 0.3) is 0 Å². The number of rotatable bonds is 7. The molecule has 3 heteroatoms. The Morgan fingerprint density at radius 3 is 2.52 bits per heavy atom. The fourth-order valence-corrected chi connectivity index (χ4v) is 2.99. The molecule has 0 saturated heterocycles. The molecule has 0 radical (unpaired) electrons. The molecule has 0 saturated carbocycles. The highest BCUT2D eigenvalue weighted by Gasteiger charge is 2.10. The van der Waals surface area contributed by atoms with E-state index in [4.69, 9.17) is 0 Å². The third-order valence-electron chi connectivity index (χ3n) is 3.69. The van der Waals surface area contributed by atoms with Crippen LogP contribution in [-0.4, -0.2) is 25.5 Å². The second kappa shape index (κ2) is 8.32. The lowest BCUT2D eigenvalue weighted by Crippen LogP contribution is -2.25. The minimum Gasteiger partial charge on any atom is -0.313 e. The summed E-state index contributed by atoms with van der Waals surface area (Å²) in [5.74, 6) is 0. The molecule has 2 aromatic rings. The summed E-state index contributed by atoms with van der Waals surface area (Å²) in [5.41, 5.74) is 2.70. The largest absolute Gasteiger partial charge is 0.313 e. The van der Waals surface area contributed by atoms with Crippen molar-refractivity contribution in [1.29, 1.82) is 0 Å². The fourth-order valence-electron chi connectivity index (χ4n) is 2.54. The molecule has 0 aromatic heterocycles. The fraction of sp³-hybridized carbons (Fsp3) is 0.333. The van der Waals surface area contributed by atoms with E-state index in [1.165, 1.54) is 11.1 Å². The maximum absolute atomic E-state index is 3.53. The monoisotopic (exact) mass is 346 g/mol. The van der Waals surface area contributed by atoms with E-state index in [0.717, 1.165) is 24.0 Å². The molecular weight excluding hydrogens is 324 g/mol. The summed E-state index contributed by atoms with van der Waals surface area (Å²) in [4.78, 5) is 2.37. The Morgan fingerprint density at radius 1 is 1.10 bits per heavy atom. The number of hydrogen-bond acceptors (Lipinski definition) is 2. The number of hydrogen-bond donors (Lipinski definition) is 1. The molecule has 0 amide bonds. The molecule has 0 bridgehead atoms. The van der Waals surface area contributed by atoms with Gasteiger partial charge in [-0.3, -0.25) is 0 Å². The van der Waals surface area contributed by atoms with E-state index < -0.39 is 0 Å². The van der Waals surface area contributed by atoms with Crippen LogP contribution in [0.4, 0.5) is 0 Å². The molecule has 1 unspecified atom stereocenters. The van der Waals surface area contributed by atoms with Gasteiger partial charge in [-0.1, -0.05) is 58.4 Å². The van der Waals surface area contributed by atoms with Gasteiger partial charge in [-0.25, -0.2) is 0 Å². The van der Waals surface area contributed by atoms with E-state index in [2.05, 4.69) is 87.8 Å². The standard InChI is InChI=1S/C18H23BrN2/c1-20-18(16-8-4-3-5-9-16)11-12-21(2)14-15-7-6-10-17(19)13-15/h3-10,13,18,20H,11-12,14H2,1-2H3. The lowest BCUT2D eigenvalue weighted by Gasteiger charge is -2.22. The van der Waals surface area contributed by atoms with Crippen molar-refractivity contribution in [3.63, 3.8) is 0 Å². The highest BCUT2D eigenvalue weighted by molar-refractivity contribution is 9.10. The topological polar surface area (TPSA) is 15.3 Å². The van der Waals surface area contributed by atoms with Gasteiger partial charge < -0.3 is 10.2 Å². The Bertz CT molecular complexity index is 542. The molecule has 1 atom stereocenters. The third kappa shape index (κ3) is 5.27. The Morgan fingerprint density at radius 2 is 1.86 bits per heavy atom. The highest BCUT2D eigenvalue weighted by Crippen LogP contribution is 2.17. The number of nitrogens with zero attached hydrogens (tertiary/aromatic N) is 1. The Labute approximate surface area is 136 Å². The van der Waals surface area contributed by atoms with E-state index in [1.54, 1.807) is 0 Å². The molecule has 0 fully saturated rings. The van der Waals surface area contributed by atoms with Gasteiger partial charge in [0.2, 0.25) is 0 Å². The molecule has 2 aromatic carbocycles. The van der Waals surface area contributed by atoms with Gasteiger partial charge in [-0.15, -0.1) is 0 Å². The Balaban J connectivity index is 1.86. The number of nitrogens with one attached hydrogen (secondary N) is 1. The van der Waals surface area contributed by atoms with Crippen molar-refractivity contribution < 1.29 is 0 Å². The first-order valence-corrected chi connectivity index (χ1v) is 8.13. The minimum atomic E-state index is 0.413. The molecule has 2 nitrogen and oxygen atoms in total. The van der Waals surface area contributed by atoms with Gasteiger partial charge >= 0.3 is 0 Å². The molecule has 1 N–H and O–H groups in total. The molecule has 0 spiro atoms. The zero-order valence-electron chi connectivity index (χ0n) is 12.7. The van der Waals surface area contributed by atoms with Gasteiger partial charge in [0.15, 0.2) is 0 Å². The zero-order chi connectivity index (χ0) is 15.1. The summed E-state index contributed by atoms with van der Waals surface area (Å²) in [6.45, 7) is 2.04. The molecule has 0 aliphatic carbocycles. The number of benzene rings is 2. The van der Waals surface area contributed by atoms with Crippen LogP contribution in [0.5, 0.6) is 0 Å². The van der Waals surface area contributed by atoms with Gasteiger partial charge in [0, 0.05) is 17.1 Å². The second-order valence-corrected chi connectivity index (χ2v) is 6.32. The van der Waals surface area contributed by atoms with Crippen LogP contribution in [0.15, 0.2) is 59.1 Å². The van der Waals surface area contributed by atoms with Crippen molar-refractivity contribution in [3.05, 3.63) is 70.2 Å². The lowest BCUT2D eigenvalue weighted by atomic mass is 10.0. The Hall–Kier alpha value is -1.16. The van der Waals surface area contributed by atoms with Crippen LogP contribution in [0.3, 0.4) is 0 Å². The van der Waals surface area contributed by atoms with E-state index in [1.807, 2.05) is 7.05 Å². The maximum atomic E-state index is 3.53. The van der Waals surface area contributed by atoms with Crippen molar-refractivity contribution in [2.75, 3.05) is 20.6 Å². The lowest BCUT2D eigenvalue weighted by molar-refractivity contribution is 0.304. The molecular formula is C18H23BrN2. The molecule has 0 heterocycles. The normalized spacial score (nSPS) is 12.6. The summed E-state index contributed by atoms with van der Waals surface area (Å²) >= 11 is 3.53. The molecule has 0 aliphatic rings. The average Bonchev–Trinajstić information content (AvgIpc) is 2.49. The van der Waals surface area contributed by atoms with Crippen LogP contribution in [0.2, 0.25) is 0 Å². The summed E-state index contributed by atoms with van der Waals surface area (Å²) in [6, 6.07) is 19.6. The van der Waals surface area contributed by atoms with E-state index >= 15 is 0 Å². The van der Waals surface area contributed by atoms with Crippen LogP contribution in [0.1, 0.15) is 23.6 Å². The van der Waals surface area contributed by atoms with E-state index in [-0.39, 0.29) is 0 Å². The summed E-state index contributed by atoms with van der Waals surface area (Å²) in [6.07, 6.45) is 1.10. The summed E-state index contributed by atoms with van der Waals surface area (Å²) in [7, 11) is 4.21. The van der Waals surface area contributed by atoms with Crippen LogP contribution in [-0.2, 0) is 6.54 Å². The first-order chi connectivity index (χ1) is 10.2. The van der Waals surface area contributed by atoms with Crippen molar-refractivity contribution in [2.24, 2.45) is 0 Å². The summed E-state index contributed by atoms with van der Waals surface area (Å²) < 4.78 is 1.14. The van der Waals surface area contributed by atoms with Crippen molar-refractivity contribution in [2.45, 2.75) is 19.0 Å². The van der Waals surface area contributed by atoms with Crippen LogP contribution >= 0.6 is 15.9 Å². The summed E-state index contributed by atoms with van der Waals surface area (Å²) in [5, 5.41) is 3.41. The van der Waals surface area contributed by atoms with Gasteiger partial charge in [-0.05, 0) is 50.3 Å². The smallest absolute Gasteiger partial charge is 0.0329 e. The number of halogens is 1. The maximum Gasteiger partial charge on any atom is 0.0329 e. The highest BCUT2D eigenvalue weighted by atomic mass is 79.9. The van der Waals surface area contributed by atoms with Crippen molar-refractivity contribution in [1.82, 2.24) is 10.2 Å². The Kier molecular flexibility index (Phi) is 6.43. The van der Waals surface area contributed by atoms with Crippen LogP contribution < -0.4 is 5.32 Å². The SMILES string of the molecule is CNC(CCN(C)Cc1cccc(Br)c1)c1ccccc1. The van der Waals surface area contributed by atoms with E-state index in [0.29, 0.717) is 6.04 Å². The van der Waals surface area contributed by atoms with Gasteiger partial charge in [0.05, 0.1) is 0 Å². The quantitative estimate of drug-likeness (QED) is 0.806. The molecule has 0 aliphatic heterocycles. The first-order valence-electron chi connectivity index (χ1n) is 7.34. The van der Waals surface area contributed by atoms with Crippen LogP contribution in [0, 0.1) is 0 Å². The zero-order valence-corrected chi connectivity index (χ0v) is 14.3. The van der Waals surface area contributed by atoms with Gasteiger partial charge in [-0.2, -0.15) is 0 Å². The second-order valence-electron chi connectivity index (χ2n) is 5.41. The predicted molar refractivity (Wildman–Crippen MR) is 93.3 cm³/mol. The predicted octanol–water partition coefficient (Wildman–Crippen LogP) is 4.23. The average molecular weight is 347 g/mol. The minimum absolute atomic E-state index is 0.413. The van der Waals surface area contributed by atoms with E-state index in [9.17, 15) is 0 Å². The van der Waals surface area contributed by atoms with Crippen molar-refractivity contribution in [3.8, 4) is 0 Å². The van der Waals surface area contributed by atoms with Crippen molar-refractivity contribution >= 4 is 15.9 Å². The van der Waals surface area contributed by atoms with Gasteiger partial charge in [0.1, 0.15) is 0 Å².